The average Bonchev–Trinajstić information content (AvgIpc) is 2.75. The summed E-state index contributed by atoms with van der Waals surface area (Å²) >= 11 is 1.59. The molecule has 1 aromatic rings. The number of hydrogen-bond donors (Lipinski definition) is 2. The molecule has 92 valence electrons. The highest BCUT2D eigenvalue weighted by molar-refractivity contribution is 7.99. The molecule has 0 aliphatic heterocycles. The molecule has 0 heterocycles. The van der Waals surface area contributed by atoms with Crippen LogP contribution in [-0.4, -0.2) is 27.5 Å². The van der Waals surface area contributed by atoms with Crippen molar-refractivity contribution in [2.24, 2.45) is 0 Å². The first kappa shape index (κ1) is 12.5. The predicted molar refractivity (Wildman–Crippen MR) is 67.5 cm³/mol. The van der Waals surface area contributed by atoms with E-state index < -0.39 is 11.6 Å². The largest absolute Gasteiger partial charge is 0.478 e. The lowest BCUT2D eigenvalue weighted by molar-refractivity contribution is 0.0695. The van der Waals surface area contributed by atoms with Crippen LogP contribution in [0.2, 0.25) is 0 Å². The van der Waals surface area contributed by atoms with Crippen LogP contribution in [0, 0.1) is 0 Å². The Bertz CT molecular complexity index is 394. The van der Waals surface area contributed by atoms with Gasteiger partial charge in [0.05, 0.1) is 11.2 Å². The first-order chi connectivity index (χ1) is 8.09. The Morgan fingerprint density at radius 2 is 1.82 bits per heavy atom. The number of carbonyl (C=O) groups is 1. The van der Waals surface area contributed by atoms with Crippen LogP contribution in [0.5, 0.6) is 0 Å². The van der Waals surface area contributed by atoms with Gasteiger partial charge in [-0.3, -0.25) is 0 Å². The highest BCUT2D eigenvalue weighted by Gasteiger charge is 2.30. The molecule has 2 N–H and O–H groups in total. The molecule has 0 unspecified atom stereocenters. The summed E-state index contributed by atoms with van der Waals surface area (Å²) in [6.45, 7) is 0. The van der Waals surface area contributed by atoms with Crippen LogP contribution in [0.25, 0.3) is 0 Å². The number of aromatic carboxylic acids is 1. The summed E-state index contributed by atoms with van der Waals surface area (Å²) in [6.07, 6.45) is 3.98. The van der Waals surface area contributed by atoms with E-state index in [2.05, 4.69) is 0 Å². The SMILES string of the molecule is O=C(O)c1ccc(SCC2(O)CCCC2)cc1. The topological polar surface area (TPSA) is 57.5 Å². The van der Waals surface area contributed by atoms with E-state index in [1.807, 2.05) is 0 Å². The Hall–Kier alpha value is -1.00. The molecule has 1 aliphatic carbocycles. The van der Waals surface area contributed by atoms with Gasteiger partial charge in [0.25, 0.3) is 0 Å². The zero-order chi connectivity index (χ0) is 12.3. The van der Waals surface area contributed by atoms with Crippen molar-refractivity contribution in [2.45, 2.75) is 36.2 Å². The van der Waals surface area contributed by atoms with Crippen LogP contribution in [0.15, 0.2) is 29.2 Å². The van der Waals surface area contributed by atoms with Gasteiger partial charge in [0, 0.05) is 10.6 Å². The molecule has 2 rings (SSSR count). The standard InChI is InChI=1S/C13H16O3S/c14-12(15)10-3-5-11(6-4-10)17-9-13(16)7-1-2-8-13/h3-6,16H,1-2,7-9H2,(H,14,15). The van der Waals surface area contributed by atoms with Crippen LogP contribution in [0.3, 0.4) is 0 Å². The van der Waals surface area contributed by atoms with Crippen molar-refractivity contribution in [1.29, 1.82) is 0 Å². The Kier molecular flexibility index (Phi) is 3.74. The number of thioether (sulfide) groups is 1. The Labute approximate surface area is 105 Å². The Balaban J connectivity index is 1.93. The molecule has 4 heteroatoms. The third-order valence-corrected chi connectivity index (χ3v) is 4.43. The number of carboxylic acid groups (broad SMARTS) is 1. The van der Waals surface area contributed by atoms with Gasteiger partial charge in [-0.2, -0.15) is 0 Å². The molecule has 0 saturated heterocycles. The normalized spacial score (nSPS) is 18.2. The highest BCUT2D eigenvalue weighted by Crippen LogP contribution is 2.34. The summed E-state index contributed by atoms with van der Waals surface area (Å²) in [4.78, 5) is 11.7. The maximum atomic E-state index is 10.7. The van der Waals surface area contributed by atoms with Crippen LogP contribution in [0.4, 0.5) is 0 Å². The number of rotatable bonds is 4. The van der Waals surface area contributed by atoms with Gasteiger partial charge >= 0.3 is 5.97 Å². The van der Waals surface area contributed by atoms with Gasteiger partial charge in [-0.1, -0.05) is 12.8 Å². The van der Waals surface area contributed by atoms with E-state index in [0.717, 1.165) is 30.6 Å². The van der Waals surface area contributed by atoms with Crippen molar-refractivity contribution in [3.8, 4) is 0 Å². The van der Waals surface area contributed by atoms with Gasteiger partial charge in [0.15, 0.2) is 0 Å². The summed E-state index contributed by atoms with van der Waals surface area (Å²) in [5, 5.41) is 19.0. The highest BCUT2D eigenvalue weighted by atomic mass is 32.2. The van der Waals surface area contributed by atoms with Crippen molar-refractivity contribution in [3.05, 3.63) is 29.8 Å². The molecule has 1 aromatic carbocycles. The summed E-state index contributed by atoms with van der Waals surface area (Å²) in [6, 6.07) is 6.80. The van der Waals surface area contributed by atoms with Gasteiger partial charge in [-0.15, -0.1) is 11.8 Å². The average molecular weight is 252 g/mol. The molecule has 17 heavy (non-hydrogen) atoms. The number of hydrogen-bond acceptors (Lipinski definition) is 3. The first-order valence-corrected chi connectivity index (χ1v) is 6.76. The van der Waals surface area contributed by atoms with Crippen LogP contribution >= 0.6 is 11.8 Å². The monoisotopic (exact) mass is 252 g/mol. The maximum Gasteiger partial charge on any atom is 0.335 e. The van der Waals surface area contributed by atoms with Gasteiger partial charge in [-0.05, 0) is 37.1 Å². The van der Waals surface area contributed by atoms with Crippen molar-refractivity contribution >= 4 is 17.7 Å². The molecule has 0 aromatic heterocycles. The molecule has 1 aliphatic rings. The molecule has 1 saturated carbocycles. The number of aliphatic hydroxyl groups is 1. The third kappa shape index (κ3) is 3.23. The summed E-state index contributed by atoms with van der Waals surface area (Å²) in [7, 11) is 0. The van der Waals surface area contributed by atoms with Gasteiger partial charge in [0.1, 0.15) is 0 Å². The van der Waals surface area contributed by atoms with Crippen LogP contribution in [-0.2, 0) is 0 Å². The zero-order valence-corrected chi connectivity index (χ0v) is 10.4. The second-order valence-electron chi connectivity index (χ2n) is 4.55. The minimum atomic E-state index is -0.907. The number of benzene rings is 1. The number of carboxylic acids is 1. The van der Waals surface area contributed by atoms with E-state index in [9.17, 15) is 9.90 Å². The van der Waals surface area contributed by atoms with Crippen molar-refractivity contribution in [2.75, 3.05) is 5.75 Å². The van der Waals surface area contributed by atoms with Gasteiger partial charge in [-0.25, -0.2) is 4.79 Å². The second kappa shape index (κ2) is 5.10. The lowest BCUT2D eigenvalue weighted by atomic mass is 10.1. The molecule has 1 fully saturated rings. The molecule has 0 amide bonds. The summed E-state index contributed by atoms with van der Waals surface area (Å²) < 4.78 is 0. The smallest absolute Gasteiger partial charge is 0.335 e. The minimum absolute atomic E-state index is 0.300. The Morgan fingerprint density at radius 1 is 1.24 bits per heavy atom. The molecule has 0 bridgehead atoms. The predicted octanol–water partition coefficient (Wildman–Crippen LogP) is 2.78. The van der Waals surface area contributed by atoms with E-state index >= 15 is 0 Å². The van der Waals surface area contributed by atoms with E-state index in [1.54, 1.807) is 36.0 Å². The minimum Gasteiger partial charge on any atom is -0.478 e. The molecular formula is C13H16O3S. The maximum absolute atomic E-state index is 10.7. The van der Waals surface area contributed by atoms with Gasteiger partial charge < -0.3 is 10.2 Å². The molecule has 3 nitrogen and oxygen atoms in total. The fraction of sp³-hybridized carbons (Fsp3) is 0.462. The second-order valence-corrected chi connectivity index (χ2v) is 5.60. The van der Waals surface area contributed by atoms with Crippen molar-refractivity contribution < 1.29 is 15.0 Å². The van der Waals surface area contributed by atoms with Crippen LogP contribution in [0.1, 0.15) is 36.0 Å². The third-order valence-electron chi connectivity index (χ3n) is 3.14. The van der Waals surface area contributed by atoms with Crippen molar-refractivity contribution in [1.82, 2.24) is 0 Å². The van der Waals surface area contributed by atoms with E-state index in [1.165, 1.54) is 0 Å². The summed E-state index contributed by atoms with van der Waals surface area (Å²) in [5.41, 5.74) is -0.218. The van der Waals surface area contributed by atoms with E-state index in [-0.39, 0.29) is 0 Å². The van der Waals surface area contributed by atoms with Crippen molar-refractivity contribution in [3.63, 3.8) is 0 Å². The van der Waals surface area contributed by atoms with E-state index in [0.29, 0.717) is 11.3 Å². The summed E-state index contributed by atoms with van der Waals surface area (Å²) in [5.74, 6) is -0.213. The fourth-order valence-corrected chi connectivity index (χ4v) is 3.14. The fourth-order valence-electron chi connectivity index (χ4n) is 2.09. The molecule has 0 radical (unpaired) electrons. The van der Waals surface area contributed by atoms with Crippen LogP contribution < -0.4 is 0 Å². The quantitative estimate of drug-likeness (QED) is 0.809. The Morgan fingerprint density at radius 3 is 2.35 bits per heavy atom. The first-order valence-electron chi connectivity index (χ1n) is 5.78. The lowest BCUT2D eigenvalue weighted by Crippen LogP contribution is -2.26. The molecule has 0 spiro atoms. The van der Waals surface area contributed by atoms with E-state index in [4.69, 9.17) is 5.11 Å². The molecule has 0 atom stereocenters. The molecular weight excluding hydrogens is 236 g/mol. The zero-order valence-electron chi connectivity index (χ0n) is 9.56. The van der Waals surface area contributed by atoms with Gasteiger partial charge in [0.2, 0.25) is 0 Å². The lowest BCUT2D eigenvalue weighted by Gasteiger charge is -2.21.